The van der Waals surface area contributed by atoms with Crippen LogP contribution in [-0.2, 0) is 17.6 Å². The number of carbonyl (C=O) groups excluding carboxylic acids is 1. The summed E-state index contributed by atoms with van der Waals surface area (Å²) in [5, 5.41) is 13.9. The van der Waals surface area contributed by atoms with Gasteiger partial charge in [-0.25, -0.2) is 4.98 Å². The highest BCUT2D eigenvalue weighted by atomic mass is 32.2. The van der Waals surface area contributed by atoms with Crippen LogP contribution in [-0.4, -0.2) is 38.0 Å². The van der Waals surface area contributed by atoms with Gasteiger partial charge in [-0.15, -0.1) is 21.5 Å². The topological polar surface area (TPSA) is 90.6 Å². The number of anilines is 1. The van der Waals surface area contributed by atoms with Crippen LogP contribution in [0.5, 0.6) is 11.5 Å². The second-order valence-corrected chi connectivity index (χ2v) is 10.7. The number of thiophene rings is 1. The number of nitrogens with one attached hydrogen (secondary N) is 1. The van der Waals surface area contributed by atoms with Crippen molar-refractivity contribution in [3.63, 3.8) is 0 Å². The van der Waals surface area contributed by atoms with E-state index in [1.807, 2.05) is 17.4 Å². The van der Waals surface area contributed by atoms with Crippen LogP contribution in [0.1, 0.15) is 47.9 Å². The smallest absolute Gasteiger partial charge is 0.234 e. The monoisotopic (exact) mass is 479 g/mol. The number of hydrogen-bond acceptors (Lipinski definition) is 8. The average molecular weight is 480 g/mol. The van der Waals surface area contributed by atoms with Crippen LogP contribution in [0, 0.1) is 0 Å². The van der Waals surface area contributed by atoms with Crippen LogP contribution >= 0.6 is 23.1 Å². The second-order valence-electron chi connectivity index (χ2n) is 8.68. The minimum absolute atomic E-state index is 0.106. The van der Waals surface area contributed by atoms with Gasteiger partial charge in [0.05, 0.1) is 11.1 Å². The molecule has 168 valence electrons. The quantitative estimate of drug-likeness (QED) is 0.420. The lowest BCUT2D eigenvalue weighted by atomic mass is 9.97. The van der Waals surface area contributed by atoms with Crippen LogP contribution < -0.4 is 14.8 Å². The third kappa shape index (κ3) is 3.34. The summed E-state index contributed by atoms with van der Waals surface area (Å²) in [7, 11) is 0. The molecular formula is C23H21N5O3S2. The van der Waals surface area contributed by atoms with E-state index in [0.29, 0.717) is 23.1 Å². The number of fused-ring (bicyclic) bond motifs is 6. The summed E-state index contributed by atoms with van der Waals surface area (Å²) in [6.07, 6.45) is 6.97. The van der Waals surface area contributed by atoms with Crippen molar-refractivity contribution in [1.82, 2.24) is 19.6 Å². The molecule has 3 aliphatic rings. The number of aryl methyl sites for hydroxylation is 2. The van der Waals surface area contributed by atoms with Gasteiger partial charge in [0.25, 0.3) is 0 Å². The fourth-order valence-electron chi connectivity index (χ4n) is 4.66. The molecule has 1 aromatic carbocycles. The maximum Gasteiger partial charge on any atom is 0.234 e. The molecule has 1 amide bonds. The van der Waals surface area contributed by atoms with Crippen molar-refractivity contribution >= 4 is 50.6 Å². The van der Waals surface area contributed by atoms with Crippen molar-refractivity contribution in [2.45, 2.75) is 49.6 Å². The molecular weight excluding hydrogens is 458 g/mol. The van der Waals surface area contributed by atoms with Gasteiger partial charge in [0.2, 0.25) is 12.7 Å². The third-order valence-corrected chi connectivity index (χ3v) is 8.50. The normalized spacial score (nSPS) is 17.0. The van der Waals surface area contributed by atoms with E-state index in [9.17, 15) is 4.79 Å². The zero-order chi connectivity index (χ0) is 21.9. The standard InChI is InChI=1S/C23H21N5O3S2/c29-18(24-13-7-8-15-16(9-13)31-11-30-15)10-32-23-27-26-21-19-14-3-1-2-4-17(14)33-22(19)25-20(28(21)23)12-5-6-12/h7-9,12H,1-6,10-11H2,(H,24,29). The Morgan fingerprint density at radius 1 is 1.18 bits per heavy atom. The van der Waals surface area contributed by atoms with E-state index in [1.165, 1.54) is 40.4 Å². The molecule has 1 saturated carbocycles. The Morgan fingerprint density at radius 3 is 2.97 bits per heavy atom. The summed E-state index contributed by atoms with van der Waals surface area (Å²) in [5.41, 5.74) is 2.99. The van der Waals surface area contributed by atoms with Crippen LogP contribution in [0.2, 0.25) is 0 Å². The van der Waals surface area contributed by atoms with Crippen molar-refractivity contribution < 1.29 is 14.3 Å². The minimum Gasteiger partial charge on any atom is -0.454 e. The van der Waals surface area contributed by atoms with E-state index in [2.05, 4.69) is 19.9 Å². The lowest BCUT2D eigenvalue weighted by Gasteiger charge is -2.11. The lowest BCUT2D eigenvalue weighted by Crippen LogP contribution is -2.14. The molecule has 0 radical (unpaired) electrons. The number of aromatic nitrogens is 4. The first-order valence-electron chi connectivity index (χ1n) is 11.3. The molecule has 0 unspecified atom stereocenters. The number of thioether (sulfide) groups is 1. The highest BCUT2D eigenvalue weighted by Crippen LogP contribution is 2.44. The number of rotatable bonds is 5. The summed E-state index contributed by atoms with van der Waals surface area (Å²) < 4.78 is 12.8. The summed E-state index contributed by atoms with van der Waals surface area (Å²) in [4.78, 5) is 20.3. The fourth-order valence-corrected chi connectivity index (χ4v) is 6.67. The Bertz CT molecular complexity index is 1430. The predicted molar refractivity (Wildman–Crippen MR) is 127 cm³/mol. The van der Waals surface area contributed by atoms with Gasteiger partial charge in [-0.3, -0.25) is 9.20 Å². The molecule has 4 heterocycles. The zero-order valence-corrected chi connectivity index (χ0v) is 19.4. The first-order chi connectivity index (χ1) is 16.2. The third-order valence-electron chi connectivity index (χ3n) is 6.39. The number of amides is 1. The van der Waals surface area contributed by atoms with Gasteiger partial charge < -0.3 is 14.8 Å². The first kappa shape index (κ1) is 19.6. The van der Waals surface area contributed by atoms with Gasteiger partial charge >= 0.3 is 0 Å². The molecule has 8 nitrogen and oxygen atoms in total. The SMILES string of the molecule is O=C(CSc1nnc2c3c4c(sc3nc(C3CC3)n12)CCCC4)Nc1ccc2c(c1)OCO2. The number of hydrogen-bond donors (Lipinski definition) is 1. The number of carbonyl (C=O) groups is 1. The van der Waals surface area contributed by atoms with Gasteiger partial charge in [0, 0.05) is 22.5 Å². The molecule has 7 rings (SSSR count). The zero-order valence-electron chi connectivity index (χ0n) is 17.8. The van der Waals surface area contributed by atoms with Gasteiger partial charge in [-0.2, -0.15) is 0 Å². The van der Waals surface area contributed by atoms with Crippen molar-refractivity contribution in [2.75, 3.05) is 17.9 Å². The summed E-state index contributed by atoms with van der Waals surface area (Å²) in [5.74, 6) is 2.96. The van der Waals surface area contributed by atoms with Crippen molar-refractivity contribution in [3.05, 3.63) is 34.5 Å². The molecule has 0 bridgehead atoms. The Kier molecular flexibility index (Phi) is 4.51. The van der Waals surface area contributed by atoms with Crippen molar-refractivity contribution in [1.29, 1.82) is 0 Å². The van der Waals surface area contributed by atoms with Crippen LogP contribution in [0.3, 0.4) is 0 Å². The Morgan fingerprint density at radius 2 is 2.06 bits per heavy atom. The van der Waals surface area contributed by atoms with E-state index in [-0.39, 0.29) is 18.5 Å². The molecule has 0 atom stereocenters. The molecule has 0 spiro atoms. The summed E-state index contributed by atoms with van der Waals surface area (Å²) in [6, 6.07) is 5.40. The molecule has 4 aromatic rings. The van der Waals surface area contributed by atoms with Gasteiger partial charge in [-0.05, 0) is 56.2 Å². The molecule has 3 aromatic heterocycles. The molecule has 10 heteroatoms. The fraction of sp³-hybridized carbons (Fsp3) is 0.391. The lowest BCUT2D eigenvalue weighted by molar-refractivity contribution is -0.113. The van der Waals surface area contributed by atoms with Crippen molar-refractivity contribution in [2.24, 2.45) is 0 Å². The molecule has 1 N–H and O–H groups in total. The molecule has 0 saturated heterocycles. The highest BCUT2D eigenvalue weighted by Gasteiger charge is 2.32. The first-order valence-corrected chi connectivity index (χ1v) is 13.1. The molecule has 33 heavy (non-hydrogen) atoms. The Hall–Kier alpha value is -2.85. The number of nitrogens with zero attached hydrogens (tertiary/aromatic N) is 4. The van der Waals surface area contributed by atoms with E-state index >= 15 is 0 Å². The van der Waals surface area contributed by atoms with E-state index < -0.39 is 0 Å². The average Bonchev–Trinajstić information content (AvgIpc) is 3.25. The molecule has 1 aliphatic heterocycles. The van der Waals surface area contributed by atoms with E-state index in [1.54, 1.807) is 12.1 Å². The van der Waals surface area contributed by atoms with Crippen LogP contribution in [0.4, 0.5) is 5.69 Å². The Labute approximate surface area is 197 Å². The maximum atomic E-state index is 12.7. The van der Waals surface area contributed by atoms with E-state index in [4.69, 9.17) is 14.5 Å². The van der Waals surface area contributed by atoms with Gasteiger partial charge in [0.1, 0.15) is 10.7 Å². The largest absolute Gasteiger partial charge is 0.454 e. The highest BCUT2D eigenvalue weighted by molar-refractivity contribution is 7.99. The summed E-state index contributed by atoms with van der Waals surface area (Å²) >= 11 is 3.23. The molecule has 2 aliphatic carbocycles. The molecule has 1 fully saturated rings. The van der Waals surface area contributed by atoms with Crippen LogP contribution in [0.25, 0.3) is 15.9 Å². The van der Waals surface area contributed by atoms with Gasteiger partial charge in [-0.1, -0.05) is 11.8 Å². The van der Waals surface area contributed by atoms with Crippen molar-refractivity contribution in [3.8, 4) is 11.5 Å². The van der Waals surface area contributed by atoms with Gasteiger partial charge in [0.15, 0.2) is 22.3 Å². The summed E-state index contributed by atoms with van der Waals surface area (Å²) in [6.45, 7) is 0.209. The number of ether oxygens (including phenoxy) is 2. The second kappa shape index (κ2) is 7.59. The van der Waals surface area contributed by atoms with E-state index in [0.717, 1.165) is 47.1 Å². The van der Waals surface area contributed by atoms with Crippen LogP contribution in [0.15, 0.2) is 23.4 Å². The maximum absolute atomic E-state index is 12.7. The minimum atomic E-state index is -0.106. The number of benzene rings is 1. The predicted octanol–water partition coefficient (Wildman–Crippen LogP) is 4.55. The Balaban J connectivity index is 1.19.